The van der Waals surface area contributed by atoms with Gasteiger partial charge in [-0.3, -0.25) is 9.36 Å². The van der Waals surface area contributed by atoms with Crippen LogP contribution in [0, 0.1) is 0 Å². The lowest BCUT2D eigenvalue weighted by molar-refractivity contribution is -0.870. The number of hydrogen-bond acceptors (Lipinski definition) is 6. The highest BCUT2D eigenvalue weighted by Gasteiger charge is 2.23. The van der Waals surface area contributed by atoms with Crippen LogP contribution in [0.15, 0.2) is 36.5 Å². The number of allylic oxidation sites excluding steroid dienone is 5. The van der Waals surface area contributed by atoms with Gasteiger partial charge in [0.15, 0.2) is 0 Å². The van der Waals surface area contributed by atoms with Gasteiger partial charge in [0.25, 0.3) is 7.82 Å². The van der Waals surface area contributed by atoms with E-state index in [2.05, 4.69) is 43.5 Å². The molecule has 0 spiro atoms. The Balaban J connectivity index is 4.55. The number of unbranched alkanes of at least 4 members (excludes halogenated alkanes) is 15. The predicted octanol–water partition coefficient (Wildman–Crippen LogP) is 8.55. The van der Waals surface area contributed by atoms with Crippen molar-refractivity contribution in [3.63, 3.8) is 0 Å². The van der Waals surface area contributed by atoms with Gasteiger partial charge in [-0.2, -0.15) is 0 Å². The molecule has 0 rings (SSSR count). The molecule has 0 fully saturated rings. The maximum absolute atomic E-state index is 12.7. The standard InChI is InChI=1S/C37H71N2O6P/c1-6-8-10-12-14-16-17-18-19-20-21-23-25-27-29-31-37(41)38-35(34-45-46(42,43)44-33-32-39(3,4)5)36(40)30-28-26-24-22-15-13-11-9-7-2/h15,18-19,22,28,30,35-36,40H,6-14,16-17,20-21,23-27,29,31-34H2,1-5H3,(H-,38,41,42,43)/b19-18-,22-15+,30-28+. The van der Waals surface area contributed by atoms with Crippen LogP contribution < -0.4 is 10.2 Å². The summed E-state index contributed by atoms with van der Waals surface area (Å²) in [5, 5.41) is 13.6. The SMILES string of the molecule is CCCCC/C=C/CC/C=C/C(O)C(COP(=O)([O-])OCC[N+](C)(C)C)NC(=O)CCCCCCC/C=C\CCCCCCCC. The summed E-state index contributed by atoms with van der Waals surface area (Å²) in [5.74, 6) is -0.222. The Morgan fingerprint density at radius 1 is 0.739 bits per heavy atom. The van der Waals surface area contributed by atoms with Gasteiger partial charge in [0.2, 0.25) is 5.91 Å². The van der Waals surface area contributed by atoms with Crippen LogP contribution in [0.1, 0.15) is 142 Å². The van der Waals surface area contributed by atoms with Gasteiger partial charge < -0.3 is 28.8 Å². The number of carbonyl (C=O) groups is 1. The number of phosphoric ester groups is 1. The first-order chi connectivity index (χ1) is 22.0. The number of aliphatic hydroxyl groups excluding tert-OH is 1. The van der Waals surface area contributed by atoms with Crippen molar-refractivity contribution < 1.29 is 32.9 Å². The molecule has 0 aliphatic rings. The van der Waals surface area contributed by atoms with E-state index in [0.29, 0.717) is 17.4 Å². The molecule has 8 nitrogen and oxygen atoms in total. The van der Waals surface area contributed by atoms with Crippen molar-refractivity contribution in [3.05, 3.63) is 36.5 Å². The first-order valence-electron chi connectivity index (χ1n) is 18.4. The molecule has 46 heavy (non-hydrogen) atoms. The molecule has 0 radical (unpaired) electrons. The van der Waals surface area contributed by atoms with Crippen molar-refractivity contribution in [1.82, 2.24) is 5.32 Å². The van der Waals surface area contributed by atoms with Crippen molar-refractivity contribution in [2.24, 2.45) is 0 Å². The number of rotatable bonds is 32. The van der Waals surface area contributed by atoms with Crippen molar-refractivity contribution in [2.75, 3.05) is 40.9 Å². The van der Waals surface area contributed by atoms with Crippen LogP contribution in [0.4, 0.5) is 0 Å². The number of aliphatic hydroxyl groups is 1. The van der Waals surface area contributed by atoms with Gasteiger partial charge in [-0.05, 0) is 57.8 Å². The molecule has 0 bridgehead atoms. The summed E-state index contributed by atoms with van der Waals surface area (Å²) in [4.78, 5) is 25.1. The lowest BCUT2D eigenvalue weighted by Crippen LogP contribution is -2.45. The molecular formula is C37H71N2O6P. The van der Waals surface area contributed by atoms with Gasteiger partial charge in [0.05, 0.1) is 39.9 Å². The highest BCUT2D eigenvalue weighted by atomic mass is 31.2. The van der Waals surface area contributed by atoms with Crippen LogP contribution in [-0.4, -0.2) is 68.5 Å². The Labute approximate surface area is 283 Å². The van der Waals surface area contributed by atoms with Gasteiger partial charge in [0, 0.05) is 6.42 Å². The summed E-state index contributed by atoms with van der Waals surface area (Å²) in [6.45, 7) is 4.52. The van der Waals surface area contributed by atoms with Gasteiger partial charge in [-0.15, -0.1) is 0 Å². The van der Waals surface area contributed by atoms with E-state index >= 15 is 0 Å². The summed E-state index contributed by atoms with van der Waals surface area (Å²) >= 11 is 0. The molecular weight excluding hydrogens is 599 g/mol. The van der Waals surface area contributed by atoms with Crippen LogP contribution in [0.5, 0.6) is 0 Å². The first kappa shape index (κ1) is 44.7. The molecule has 1 amide bonds. The summed E-state index contributed by atoms with van der Waals surface area (Å²) in [7, 11) is 1.23. The number of likely N-dealkylation sites (N-methyl/N-ethyl adjacent to an activating group) is 1. The van der Waals surface area contributed by atoms with Crippen LogP contribution in [0.3, 0.4) is 0 Å². The van der Waals surface area contributed by atoms with Crippen LogP contribution in [-0.2, 0) is 18.4 Å². The van der Waals surface area contributed by atoms with E-state index in [1.165, 1.54) is 64.2 Å². The van der Waals surface area contributed by atoms with E-state index in [9.17, 15) is 19.4 Å². The Kier molecular flexibility index (Phi) is 29.0. The fraction of sp³-hybridized carbons (Fsp3) is 0.811. The van der Waals surface area contributed by atoms with Crippen LogP contribution >= 0.6 is 7.82 Å². The number of nitrogens with one attached hydrogen (secondary N) is 1. The van der Waals surface area contributed by atoms with E-state index in [1.807, 2.05) is 27.2 Å². The third-order valence-electron chi connectivity index (χ3n) is 7.82. The maximum Gasteiger partial charge on any atom is 0.268 e. The monoisotopic (exact) mass is 671 g/mol. The van der Waals surface area contributed by atoms with Gasteiger partial charge in [-0.25, -0.2) is 0 Å². The zero-order chi connectivity index (χ0) is 34.4. The van der Waals surface area contributed by atoms with Crippen LogP contribution in [0.25, 0.3) is 0 Å². The molecule has 3 atom stereocenters. The predicted molar refractivity (Wildman–Crippen MR) is 191 cm³/mol. The normalized spacial score (nSPS) is 15.2. The molecule has 0 heterocycles. The van der Waals surface area contributed by atoms with Crippen molar-refractivity contribution in [3.8, 4) is 0 Å². The number of carbonyl (C=O) groups excluding carboxylic acids is 1. The lowest BCUT2D eigenvalue weighted by Gasteiger charge is -2.29. The Morgan fingerprint density at radius 2 is 1.22 bits per heavy atom. The minimum absolute atomic E-state index is 0.00873. The second kappa shape index (κ2) is 29.8. The van der Waals surface area contributed by atoms with Gasteiger partial charge >= 0.3 is 0 Å². The fourth-order valence-corrected chi connectivity index (χ4v) is 5.53. The average Bonchev–Trinajstić information content (AvgIpc) is 2.99. The largest absolute Gasteiger partial charge is 0.756 e. The van der Waals surface area contributed by atoms with Gasteiger partial charge in [0.1, 0.15) is 13.2 Å². The second-order valence-electron chi connectivity index (χ2n) is 13.6. The van der Waals surface area contributed by atoms with Gasteiger partial charge in [-0.1, -0.05) is 115 Å². The summed E-state index contributed by atoms with van der Waals surface area (Å²) in [6, 6.07) is -0.902. The molecule has 3 unspecified atom stereocenters. The number of amides is 1. The summed E-state index contributed by atoms with van der Waals surface area (Å²) in [5.41, 5.74) is 0. The minimum atomic E-state index is -4.58. The first-order valence-corrected chi connectivity index (χ1v) is 19.8. The Morgan fingerprint density at radius 3 is 1.80 bits per heavy atom. The van der Waals surface area contributed by atoms with Crippen LogP contribution in [0.2, 0.25) is 0 Å². The van der Waals surface area contributed by atoms with Crippen molar-refractivity contribution >= 4 is 13.7 Å². The molecule has 0 aromatic heterocycles. The molecule has 2 N–H and O–H groups in total. The van der Waals surface area contributed by atoms with Crippen molar-refractivity contribution in [2.45, 2.75) is 154 Å². The second-order valence-corrected chi connectivity index (χ2v) is 15.0. The Bertz CT molecular complexity index is 855. The average molecular weight is 671 g/mol. The van der Waals surface area contributed by atoms with E-state index in [0.717, 1.165) is 57.8 Å². The third-order valence-corrected chi connectivity index (χ3v) is 8.79. The highest BCUT2D eigenvalue weighted by molar-refractivity contribution is 7.45. The third kappa shape index (κ3) is 31.3. The number of quaternary nitrogens is 1. The molecule has 0 aromatic carbocycles. The number of nitrogens with zero attached hydrogens (tertiary/aromatic N) is 1. The zero-order valence-electron chi connectivity index (χ0n) is 30.3. The molecule has 0 saturated heterocycles. The molecule has 0 aromatic rings. The zero-order valence-corrected chi connectivity index (χ0v) is 31.2. The topological polar surface area (TPSA) is 108 Å². The van der Waals surface area contributed by atoms with E-state index < -0.39 is 26.6 Å². The quantitative estimate of drug-likeness (QED) is 0.0321. The summed E-state index contributed by atoms with van der Waals surface area (Å²) < 4.78 is 23.0. The highest BCUT2D eigenvalue weighted by Crippen LogP contribution is 2.38. The number of phosphoric acid groups is 1. The van der Waals surface area contributed by atoms with Crippen molar-refractivity contribution in [1.29, 1.82) is 0 Å². The fourth-order valence-electron chi connectivity index (χ4n) is 4.81. The van der Waals surface area contributed by atoms with E-state index in [1.54, 1.807) is 6.08 Å². The Hall–Kier alpha value is -1.28. The van der Waals surface area contributed by atoms with E-state index in [-0.39, 0.29) is 12.5 Å². The summed E-state index contributed by atoms with van der Waals surface area (Å²) in [6.07, 6.45) is 33.4. The molecule has 0 saturated carbocycles. The molecule has 270 valence electrons. The minimum Gasteiger partial charge on any atom is -0.756 e. The number of hydrogen-bond donors (Lipinski definition) is 2. The lowest BCUT2D eigenvalue weighted by atomic mass is 10.1. The maximum atomic E-state index is 12.7. The van der Waals surface area contributed by atoms with E-state index in [4.69, 9.17) is 9.05 Å². The molecule has 9 heteroatoms. The molecule has 0 aliphatic heterocycles. The molecule has 0 aliphatic carbocycles. The smallest absolute Gasteiger partial charge is 0.268 e.